The monoisotopic (exact) mass is 273 g/mol. The third kappa shape index (κ3) is 3.45. The van der Waals surface area contributed by atoms with E-state index in [0.717, 1.165) is 22.8 Å². The fourth-order valence-electron chi connectivity index (χ4n) is 1.86. The van der Waals surface area contributed by atoms with E-state index in [1.165, 1.54) is 0 Å². The van der Waals surface area contributed by atoms with Crippen LogP contribution in [0.4, 0.5) is 5.82 Å². The number of benzene rings is 1. The quantitative estimate of drug-likeness (QED) is 0.877. The van der Waals surface area contributed by atoms with E-state index in [0.29, 0.717) is 19.0 Å². The molecule has 2 rings (SSSR count). The minimum absolute atomic E-state index is 0.388. The van der Waals surface area contributed by atoms with Crippen molar-refractivity contribution in [3.05, 3.63) is 36.2 Å². The largest absolute Gasteiger partial charge is 0.494 e. The molecule has 0 atom stereocenters. The van der Waals surface area contributed by atoms with Crippen molar-refractivity contribution in [2.75, 3.05) is 26.1 Å². The number of methoxy groups -OCH3 is 1. The number of hydrogen-bond acceptors (Lipinski definition) is 5. The average molecular weight is 273 g/mol. The predicted octanol–water partition coefficient (Wildman–Crippen LogP) is 2.73. The Kier molecular flexibility index (Phi) is 4.90. The van der Waals surface area contributed by atoms with Gasteiger partial charge >= 0.3 is 0 Å². The molecule has 0 saturated carbocycles. The van der Waals surface area contributed by atoms with Gasteiger partial charge in [0, 0.05) is 25.8 Å². The van der Waals surface area contributed by atoms with Crippen LogP contribution in [0.5, 0.6) is 5.75 Å². The summed E-state index contributed by atoms with van der Waals surface area (Å²) in [5.74, 6) is 2.29. The Balaban J connectivity index is 2.32. The predicted molar refractivity (Wildman–Crippen MR) is 78.9 cm³/mol. The number of nitrogens with zero attached hydrogens (tertiary/aromatic N) is 2. The van der Waals surface area contributed by atoms with Gasteiger partial charge in [-0.15, -0.1) is 0 Å². The van der Waals surface area contributed by atoms with Crippen molar-refractivity contribution in [2.45, 2.75) is 13.5 Å². The van der Waals surface area contributed by atoms with Crippen LogP contribution in [0.1, 0.15) is 12.7 Å². The maximum atomic E-state index is 5.44. The van der Waals surface area contributed by atoms with Gasteiger partial charge in [0.1, 0.15) is 18.2 Å². The van der Waals surface area contributed by atoms with Crippen molar-refractivity contribution >= 4 is 5.82 Å². The Labute approximate surface area is 119 Å². The molecule has 0 amide bonds. The first-order chi connectivity index (χ1) is 9.76. The number of ether oxygens (including phenoxy) is 2. The lowest BCUT2D eigenvalue weighted by Gasteiger charge is -2.08. The van der Waals surface area contributed by atoms with Crippen molar-refractivity contribution in [3.63, 3.8) is 0 Å². The maximum Gasteiger partial charge on any atom is 0.157 e. The van der Waals surface area contributed by atoms with E-state index in [2.05, 4.69) is 15.3 Å². The second kappa shape index (κ2) is 6.86. The molecule has 1 aromatic heterocycles. The molecule has 0 aliphatic carbocycles. The first kappa shape index (κ1) is 14.3. The first-order valence-corrected chi connectivity index (χ1v) is 6.54. The maximum absolute atomic E-state index is 5.44. The standard InChI is InChI=1S/C15H19N3O2/c1-4-20-12-7-5-11(6-8-12)13-9-14(16-2)18-15(17-13)10-19-3/h5-9H,4,10H2,1-3H3,(H,16,17,18). The molecular formula is C15H19N3O2. The van der Waals surface area contributed by atoms with E-state index >= 15 is 0 Å². The van der Waals surface area contributed by atoms with E-state index in [1.54, 1.807) is 7.11 Å². The Bertz CT molecular complexity index is 556. The Morgan fingerprint density at radius 1 is 1.15 bits per heavy atom. The van der Waals surface area contributed by atoms with Gasteiger partial charge in [0.25, 0.3) is 0 Å². The van der Waals surface area contributed by atoms with Crippen molar-refractivity contribution in [2.24, 2.45) is 0 Å². The van der Waals surface area contributed by atoms with E-state index in [-0.39, 0.29) is 0 Å². The van der Waals surface area contributed by atoms with Crippen LogP contribution in [0.25, 0.3) is 11.3 Å². The van der Waals surface area contributed by atoms with Crippen LogP contribution in [0.2, 0.25) is 0 Å². The van der Waals surface area contributed by atoms with Gasteiger partial charge in [-0.2, -0.15) is 0 Å². The normalized spacial score (nSPS) is 10.3. The second-order valence-corrected chi connectivity index (χ2v) is 4.20. The zero-order valence-electron chi connectivity index (χ0n) is 12.0. The first-order valence-electron chi connectivity index (χ1n) is 6.54. The van der Waals surface area contributed by atoms with Crippen LogP contribution in [-0.4, -0.2) is 30.7 Å². The molecule has 1 N–H and O–H groups in total. The Hall–Kier alpha value is -2.14. The summed E-state index contributed by atoms with van der Waals surface area (Å²) in [6.07, 6.45) is 0. The molecule has 5 heteroatoms. The summed E-state index contributed by atoms with van der Waals surface area (Å²) in [6.45, 7) is 3.02. The van der Waals surface area contributed by atoms with Crippen LogP contribution in [0.3, 0.4) is 0 Å². The minimum Gasteiger partial charge on any atom is -0.494 e. The molecule has 106 valence electrons. The molecular weight excluding hydrogens is 254 g/mol. The number of anilines is 1. The van der Waals surface area contributed by atoms with Crippen LogP contribution in [0.15, 0.2) is 30.3 Å². The number of rotatable bonds is 6. The molecule has 0 bridgehead atoms. The topological polar surface area (TPSA) is 56.3 Å². The molecule has 20 heavy (non-hydrogen) atoms. The highest BCUT2D eigenvalue weighted by Crippen LogP contribution is 2.22. The fourth-order valence-corrected chi connectivity index (χ4v) is 1.86. The SMILES string of the molecule is CCOc1ccc(-c2cc(NC)nc(COC)n2)cc1. The lowest BCUT2D eigenvalue weighted by Crippen LogP contribution is -2.02. The lowest BCUT2D eigenvalue weighted by molar-refractivity contribution is 0.178. The molecule has 5 nitrogen and oxygen atoms in total. The molecule has 0 saturated heterocycles. The molecule has 0 unspecified atom stereocenters. The summed E-state index contributed by atoms with van der Waals surface area (Å²) >= 11 is 0. The molecule has 0 aliphatic rings. The van der Waals surface area contributed by atoms with Crippen LogP contribution < -0.4 is 10.1 Å². The van der Waals surface area contributed by atoms with Crippen LogP contribution >= 0.6 is 0 Å². The van der Waals surface area contributed by atoms with E-state index in [1.807, 2.05) is 44.3 Å². The van der Waals surface area contributed by atoms with Gasteiger partial charge in [0.05, 0.1) is 12.3 Å². The van der Waals surface area contributed by atoms with Gasteiger partial charge in [-0.3, -0.25) is 0 Å². The molecule has 1 aromatic carbocycles. The number of nitrogens with one attached hydrogen (secondary N) is 1. The van der Waals surface area contributed by atoms with E-state index in [9.17, 15) is 0 Å². The van der Waals surface area contributed by atoms with Gasteiger partial charge in [-0.25, -0.2) is 9.97 Å². The van der Waals surface area contributed by atoms with Gasteiger partial charge < -0.3 is 14.8 Å². The molecule has 0 radical (unpaired) electrons. The summed E-state index contributed by atoms with van der Waals surface area (Å²) in [7, 11) is 3.47. The minimum atomic E-state index is 0.388. The highest BCUT2D eigenvalue weighted by Gasteiger charge is 2.06. The second-order valence-electron chi connectivity index (χ2n) is 4.20. The summed E-state index contributed by atoms with van der Waals surface area (Å²) in [5, 5.41) is 3.04. The zero-order valence-corrected chi connectivity index (χ0v) is 12.0. The third-order valence-corrected chi connectivity index (χ3v) is 2.76. The Morgan fingerprint density at radius 2 is 1.90 bits per heavy atom. The number of aromatic nitrogens is 2. The van der Waals surface area contributed by atoms with Gasteiger partial charge in [-0.1, -0.05) is 0 Å². The van der Waals surface area contributed by atoms with E-state index < -0.39 is 0 Å². The van der Waals surface area contributed by atoms with Crippen LogP contribution in [0, 0.1) is 0 Å². The summed E-state index contributed by atoms with van der Waals surface area (Å²) in [4.78, 5) is 8.84. The summed E-state index contributed by atoms with van der Waals surface area (Å²) < 4.78 is 10.5. The Morgan fingerprint density at radius 3 is 2.50 bits per heavy atom. The zero-order chi connectivity index (χ0) is 14.4. The van der Waals surface area contributed by atoms with Crippen molar-refractivity contribution in [1.29, 1.82) is 0 Å². The van der Waals surface area contributed by atoms with Crippen molar-refractivity contribution < 1.29 is 9.47 Å². The van der Waals surface area contributed by atoms with Crippen molar-refractivity contribution in [3.8, 4) is 17.0 Å². The molecule has 0 aliphatic heterocycles. The van der Waals surface area contributed by atoms with Gasteiger partial charge in [0.15, 0.2) is 5.82 Å². The van der Waals surface area contributed by atoms with Gasteiger partial charge in [-0.05, 0) is 31.2 Å². The van der Waals surface area contributed by atoms with Gasteiger partial charge in [0.2, 0.25) is 0 Å². The summed E-state index contributed by atoms with van der Waals surface area (Å²) in [5.41, 5.74) is 1.88. The molecule has 0 fully saturated rings. The fraction of sp³-hybridized carbons (Fsp3) is 0.333. The van der Waals surface area contributed by atoms with E-state index in [4.69, 9.17) is 9.47 Å². The van der Waals surface area contributed by atoms with Crippen LogP contribution in [-0.2, 0) is 11.3 Å². The van der Waals surface area contributed by atoms with Crippen molar-refractivity contribution in [1.82, 2.24) is 9.97 Å². The molecule has 2 aromatic rings. The highest BCUT2D eigenvalue weighted by molar-refractivity contribution is 5.63. The average Bonchev–Trinajstić information content (AvgIpc) is 2.48. The number of hydrogen-bond donors (Lipinski definition) is 1. The highest BCUT2D eigenvalue weighted by atomic mass is 16.5. The molecule has 0 spiro atoms. The summed E-state index contributed by atoms with van der Waals surface area (Å²) in [6, 6.07) is 9.77. The molecule has 1 heterocycles. The smallest absolute Gasteiger partial charge is 0.157 e. The lowest BCUT2D eigenvalue weighted by atomic mass is 10.1. The third-order valence-electron chi connectivity index (χ3n) is 2.76.